The standard InChI is InChI=1S/C23H38O2.Na/c1-2-3-4-5-6-7-8-9-10-11-12-13-14-18-21-25-23(24)22-19-16-15-17-20-22;/h15-17,19-20H,2-14,18,21H2,1H3;. The molecule has 0 aliphatic carbocycles. The van der Waals surface area contributed by atoms with E-state index in [4.69, 9.17) is 4.74 Å². The van der Waals surface area contributed by atoms with Crippen LogP contribution in [0.4, 0.5) is 0 Å². The molecule has 1 rings (SSSR count). The van der Waals surface area contributed by atoms with Crippen molar-refractivity contribution in [3.63, 3.8) is 0 Å². The first-order valence-corrected chi connectivity index (χ1v) is 10.6. The third-order valence-corrected chi connectivity index (χ3v) is 4.74. The molecule has 0 saturated carbocycles. The van der Waals surface area contributed by atoms with Crippen molar-refractivity contribution in [1.82, 2.24) is 0 Å². The van der Waals surface area contributed by atoms with E-state index in [0.29, 0.717) is 12.2 Å². The number of esters is 1. The van der Waals surface area contributed by atoms with Crippen LogP contribution in [0.15, 0.2) is 30.3 Å². The first kappa shape index (κ1) is 25.7. The molecular formula is C23H38NaO2. The summed E-state index contributed by atoms with van der Waals surface area (Å²) < 4.78 is 5.30. The van der Waals surface area contributed by atoms with Crippen molar-refractivity contribution in [2.45, 2.75) is 96.8 Å². The van der Waals surface area contributed by atoms with E-state index in [2.05, 4.69) is 6.92 Å². The molecule has 1 aromatic carbocycles. The number of benzene rings is 1. The Kier molecular flexibility index (Phi) is 19.2. The van der Waals surface area contributed by atoms with E-state index in [0.717, 1.165) is 6.42 Å². The number of carbonyl (C=O) groups excluding carboxylic acids is 1. The minimum absolute atomic E-state index is 0. The van der Waals surface area contributed by atoms with E-state index in [1.54, 1.807) is 12.1 Å². The third-order valence-electron chi connectivity index (χ3n) is 4.74. The zero-order valence-electron chi connectivity index (χ0n) is 17.3. The number of hydrogen-bond acceptors (Lipinski definition) is 2. The molecule has 0 spiro atoms. The van der Waals surface area contributed by atoms with E-state index in [9.17, 15) is 4.79 Å². The summed E-state index contributed by atoms with van der Waals surface area (Å²) in [4.78, 5) is 11.8. The number of unbranched alkanes of at least 4 members (excludes halogenated alkanes) is 13. The molecule has 0 aliphatic heterocycles. The molecule has 1 aromatic rings. The first-order chi connectivity index (χ1) is 12.3. The Morgan fingerprint density at radius 3 is 1.58 bits per heavy atom. The number of hydrogen-bond donors (Lipinski definition) is 0. The monoisotopic (exact) mass is 369 g/mol. The van der Waals surface area contributed by atoms with Gasteiger partial charge in [0.25, 0.3) is 0 Å². The smallest absolute Gasteiger partial charge is 0.338 e. The summed E-state index contributed by atoms with van der Waals surface area (Å²) in [6, 6.07) is 9.23. The van der Waals surface area contributed by atoms with Crippen LogP contribution >= 0.6 is 0 Å². The van der Waals surface area contributed by atoms with Crippen LogP contribution in [0.5, 0.6) is 0 Å². The van der Waals surface area contributed by atoms with Gasteiger partial charge in [-0.15, -0.1) is 0 Å². The van der Waals surface area contributed by atoms with Gasteiger partial charge in [-0.05, 0) is 18.6 Å². The largest absolute Gasteiger partial charge is 0.462 e. The second-order valence-electron chi connectivity index (χ2n) is 7.10. The van der Waals surface area contributed by atoms with Crippen molar-refractivity contribution < 1.29 is 9.53 Å². The van der Waals surface area contributed by atoms with Crippen LogP contribution in [-0.4, -0.2) is 42.1 Å². The Hall–Kier alpha value is -0.310. The topological polar surface area (TPSA) is 26.3 Å². The quantitative estimate of drug-likeness (QED) is 0.179. The summed E-state index contributed by atoms with van der Waals surface area (Å²) in [5, 5.41) is 0. The summed E-state index contributed by atoms with van der Waals surface area (Å²) in [5.41, 5.74) is 0.646. The molecule has 1 radical (unpaired) electrons. The van der Waals surface area contributed by atoms with Gasteiger partial charge >= 0.3 is 5.97 Å². The molecule has 0 bridgehead atoms. The molecule has 26 heavy (non-hydrogen) atoms. The second-order valence-corrected chi connectivity index (χ2v) is 7.10. The van der Waals surface area contributed by atoms with Crippen LogP contribution in [-0.2, 0) is 4.74 Å². The zero-order valence-corrected chi connectivity index (χ0v) is 19.3. The maximum atomic E-state index is 11.8. The maximum Gasteiger partial charge on any atom is 0.338 e. The summed E-state index contributed by atoms with van der Waals surface area (Å²) in [6.45, 7) is 2.82. The Labute approximate surface area is 183 Å². The molecule has 0 N–H and O–H groups in total. The van der Waals surface area contributed by atoms with Crippen LogP contribution < -0.4 is 0 Å². The second kappa shape index (κ2) is 19.5. The molecule has 0 amide bonds. The van der Waals surface area contributed by atoms with E-state index in [1.807, 2.05) is 18.2 Å². The third kappa shape index (κ3) is 14.8. The van der Waals surface area contributed by atoms with E-state index in [1.165, 1.54) is 83.5 Å². The van der Waals surface area contributed by atoms with E-state index in [-0.39, 0.29) is 35.5 Å². The molecule has 2 nitrogen and oxygen atoms in total. The van der Waals surface area contributed by atoms with Crippen molar-refractivity contribution >= 4 is 35.5 Å². The molecule has 0 aromatic heterocycles. The van der Waals surface area contributed by atoms with Crippen LogP contribution in [0.3, 0.4) is 0 Å². The van der Waals surface area contributed by atoms with Crippen LogP contribution in [0.2, 0.25) is 0 Å². The van der Waals surface area contributed by atoms with Crippen molar-refractivity contribution in [3.05, 3.63) is 35.9 Å². The SMILES string of the molecule is CCCCCCCCCCCCCCCCOC(=O)c1ccccc1.[Na]. The Morgan fingerprint density at radius 2 is 1.12 bits per heavy atom. The fourth-order valence-corrected chi connectivity index (χ4v) is 3.12. The number of ether oxygens (including phenoxy) is 1. The summed E-state index contributed by atoms with van der Waals surface area (Å²) >= 11 is 0. The molecule has 0 aliphatic rings. The van der Waals surface area contributed by atoms with Crippen LogP contribution in [0.1, 0.15) is 107 Å². The normalized spacial score (nSPS) is 10.3. The van der Waals surface area contributed by atoms with Crippen molar-refractivity contribution in [2.24, 2.45) is 0 Å². The first-order valence-electron chi connectivity index (χ1n) is 10.6. The van der Waals surface area contributed by atoms with Gasteiger partial charge in [-0.2, -0.15) is 0 Å². The van der Waals surface area contributed by atoms with Gasteiger partial charge in [0.15, 0.2) is 0 Å². The molecule has 0 heterocycles. The Balaban J connectivity index is 0.00000625. The average Bonchev–Trinajstić information content (AvgIpc) is 2.65. The summed E-state index contributed by atoms with van der Waals surface area (Å²) in [6.07, 6.45) is 18.8. The van der Waals surface area contributed by atoms with Gasteiger partial charge < -0.3 is 4.74 Å². The molecule has 0 saturated heterocycles. The van der Waals surface area contributed by atoms with Crippen molar-refractivity contribution in [2.75, 3.05) is 6.61 Å². The number of rotatable bonds is 16. The van der Waals surface area contributed by atoms with Gasteiger partial charge in [-0.3, -0.25) is 0 Å². The molecule has 0 atom stereocenters. The van der Waals surface area contributed by atoms with Crippen LogP contribution in [0, 0.1) is 0 Å². The van der Waals surface area contributed by atoms with Gasteiger partial charge in [0.05, 0.1) is 12.2 Å². The molecule has 0 fully saturated rings. The molecule has 0 unspecified atom stereocenters. The van der Waals surface area contributed by atoms with Gasteiger partial charge in [-0.1, -0.05) is 109 Å². The molecule has 143 valence electrons. The van der Waals surface area contributed by atoms with Gasteiger partial charge in [0, 0.05) is 29.6 Å². The van der Waals surface area contributed by atoms with Crippen molar-refractivity contribution in [1.29, 1.82) is 0 Å². The van der Waals surface area contributed by atoms with Gasteiger partial charge in [0.2, 0.25) is 0 Å². The average molecular weight is 370 g/mol. The fraction of sp³-hybridized carbons (Fsp3) is 0.696. The zero-order chi connectivity index (χ0) is 18.0. The van der Waals surface area contributed by atoms with Crippen LogP contribution in [0.25, 0.3) is 0 Å². The summed E-state index contributed by atoms with van der Waals surface area (Å²) in [5.74, 6) is -0.199. The van der Waals surface area contributed by atoms with E-state index >= 15 is 0 Å². The Bertz CT molecular complexity index is 419. The number of carbonyl (C=O) groups is 1. The fourth-order valence-electron chi connectivity index (χ4n) is 3.12. The Morgan fingerprint density at radius 1 is 0.692 bits per heavy atom. The predicted molar refractivity (Wildman–Crippen MR) is 113 cm³/mol. The van der Waals surface area contributed by atoms with Crippen molar-refractivity contribution in [3.8, 4) is 0 Å². The molecular weight excluding hydrogens is 331 g/mol. The summed E-state index contributed by atoms with van der Waals surface area (Å²) in [7, 11) is 0. The minimum atomic E-state index is -0.199. The molecule has 3 heteroatoms. The van der Waals surface area contributed by atoms with Gasteiger partial charge in [-0.25, -0.2) is 4.79 Å². The van der Waals surface area contributed by atoms with E-state index < -0.39 is 0 Å². The van der Waals surface area contributed by atoms with Gasteiger partial charge in [0.1, 0.15) is 0 Å². The predicted octanol–water partition coefficient (Wildman–Crippen LogP) is 6.94. The maximum absolute atomic E-state index is 11.8. The minimum Gasteiger partial charge on any atom is -0.462 e.